The number of rotatable bonds is 6. The number of hydrogen-bond donors (Lipinski definition) is 3. The molecule has 6 nitrogen and oxygen atoms in total. The third kappa shape index (κ3) is 6.00. The zero-order valence-electron chi connectivity index (χ0n) is 16.5. The summed E-state index contributed by atoms with van der Waals surface area (Å²) in [5.74, 6) is -5.37. The second-order valence-corrected chi connectivity index (χ2v) is 10.9. The number of benzene rings is 2. The quantitative estimate of drug-likeness (QED) is 0.372. The van der Waals surface area contributed by atoms with Crippen LogP contribution in [0.15, 0.2) is 30.3 Å². The van der Waals surface area contributed by atoms with Crippen molar-refractivity contribution in [1.29, 1.82) is 0 Å². The van der Waals surface area contributed by atoms with Gasteiger partial charge in [0.15, 0.2) is 10.2 Å². The average molecular weight is 560 g/mol. The summed E-state index contributed by atoms with van der Waals surface area (Å²) in [6.07, 6.45) is 0.290. The normalized spacial score (nSPS) is 16.7. The lowest BCUT2D eigenvalue weighted by Gasteiger charge is -2.16. The van der Waals surface area contributed by atoms with Crippen molar-refractivity contribution >= 4 is 92.8 Å². The molecular formula is C20H14Cl5F2N3O3. The van der Waals surface area contributed by atoms with Crippen molar-refractivity contribution in [3.05, 3.63) is 52.6 Å². The van der Waals surface area contributed by atoms with E-state index in [9.17, 15) is 23.2 Å². The molecule has 0 radical (unpaired) electrons. The van der Waals surface area contributed by atoms with E-state index in [1.807, 2.05) is 5.32 Å². The summed E-state index contributed by atoms with van der Waals surface area (Å²) >= 11 is 29.1. The fourth-order valence-corrected chi connectivity index (χ4v) is 3.49. The van der Waals surface area contributed by atoms with Crippen LogP contribution in [-0.2, 0) is 9.59 Å². The van der Waals surface area contributed by atoms with E-state index < -0.39 is 55.3 Å². The highest BCUT2D eigenvalue weighted by atomic mass is 35.5. The van der Waals surface area contributed by atoms with Gasteiger partial charge >= 0.3 is 0 Å². The van der Waals surface area contributed by atoms with Crippen LogP contribution in [0.4, 0.5) is 25.8 Å². The standard InChI is InChI=1S/C20H14Cl5F2N3O3/c1-19(22,23)18(33)30-15-12(26)4-5-13(14(15)27)29-16(31)9-6-8(2-3-11(9)21)28-17(32)10-7-20(10,24)25/h2-6,10H,7H2,1H3,(H,28,32)(H,29,31)(H,30,33). The Bertz CT molecular complexity index is 1150. The van der Waals surface area contributed by atoms with Crippen LogP contribution < -0.4 is 16.0 Å². The molecular weight excluding hydrogens is 545 g/mol. The van der Waals surface area contributed by atoms with Gasteiger partial charge in [-0.05, 0) is 43.7 Å². The fourth-order valence-electron chi connectivity index (χ4n) is 2.68. The molecule has 1 unspecified atom stereocenters. The van der Waals surface area contributed by atoms with Gasteiger partial charge in [-0.25, -0.2) is 8.78 Å². The summed E-state index contributed by atoms with van der Waals surface area (Å²) < 4.78 is 25.8. The molecule has 33 heavy (non-hydrogen) atoms. The zero-order valence-corrected chi connectivity index (χ0v) is 20.3. The van der Waals surface area contributed by atoms with Crippen molar-refractivity contribution in [2.75, 3.05) is 16.0 Å². The molecule has 2 aromatic rings. The van der Waals surface area contributed by atoms with Crippen molar-refractivity contribution in [1.82, 2.24) is 0 Å². The summed E-state index contributed by atoms with van der Waals surface area (Å²) in [5, 5.41) is 6.74. The Morgan fingerprint density at radius 3 is 2.27 bits per heavy atom. The van der Waals surface area contributed by atoms with E-state index in [0.717, 1.165) is 19.1 Å². The summed E-state index contributed by atoms with van der Waals surface area (Å²) in [6, 6.07) is 5.84. The molecule has 3 amide bonds. The van der Waals surface area contributed by atoms with Gasteiger partial charge in [-0.2, -0.15) is 0 Å². The number of hydrogen-bond acceptors (Lipinski definition) is 3. The number of carbonyl (C=O) groups is 3. The Morgan fingerprint density at radius 2 is 1.70 bits per heavy atom. The molecule has 2 aromatic carbocycles. The van der Waals surface area contributed by atoms with Crippen LogP contribution in [0, 0.1) is 17.6 Å². The topological polar surface area (TPSA) is 87.3 Å². The molecule has 3 rings (SSSR count). The molecule has 1 atom stereocenters. The summed E-state index contributed by atoms with van der Waals surface area (Å²) in [6.45, 7) is 1.12. The van der Waals surface area contributed by atoms with E-state index in [0.29, 0.717) is 0 Å². The van der Waals surface area contributed by atoms with E-state index in [1.165, 1.54) is 18.2 Å². The predicted molar refractivity (Wildman–Crippen MR) is 126 cm³/mol. The van der Waals surface area contributed by atoms with Gasteiger partial charge in [0.2, 0.25) is 5.91 Å². The number of alkyl halides is 4. The second kappa shape index (κ2) is 9.43. The first-order valence-corrected chi connectivity index (χ1v) is 11.1. The van der Waals surface area contributed by atoms with Crippen molar-refractivity contribution in [2.24, 2.45) is 5.92 Å². The number of anilines is 3. The highest BCUT2D eigenvalue weighted by Gasteiger charge is 2.56. The van der Waals surface area contributed by atoms with Crippen LogP contribution in [0.5, 0.6) is 0 Å². The number of nitrogens with one attached hydrogen (secondary N) is 3. The molecule has 0 saturated heterocycles. The maximum absolute atomic E-state index is 14.8. The van der Waals surface area contributed by atoms with Crippen molar-refractivity contribution in [3.8, 4) is 0 Å². The minimum Gasteiger partial charge on any atom is -0.326 e. The van der Waals surface area contributed by atoms with Crippen LogP contribution in [0.1, 0.15) is 23.7 Å². The van der Waals surface area contributed by atoms with Crippen molar-refractivity contribution in [2.45, 2.75) is 22.0 Å². The highest BCUT2D eigenvalue weighted by molar-refractivity contribution is 6.58. The molecule has 176 valence electrons. The fraction of sp³-hybridized carbons (Fsp3) is 0.250. The minimum atomic E-state index is -1.95. The van der Waals surface area contributed by atoms with Gasteiger partial charge in [0.05, 0.1) is 22.2 Å². The Balaban J connectivity index is 1.80. The zero-order chi connectivity index (χ0) is 24.7. The monoisotopic (exact) mass is 557 g/mol. The summed E-state index contributed by atoms with van der Waals surface area (Å²) in [5.41, 5.74) is -1.20. The number of amides is 3. The largest absolute Gasteiger partial charge is 0.326 e. The number of carbonyl (C=O) groups excluding carboxylic acids is 3. The van der Waals surface area contributed by atoms with E-state index in [1.54, 1.807) is 0 Å². The molecule has 1 aliphatic rings. The van der Waals surface area contributed by atoms with Gasteiger partial charge < -0.3 is 16.0 Å². The Labute approximate surface area is 211 Å². The SMILES string of the molecule is CC(Cl)(Cl)C(=O)Nc1c(F)ccc(NC(=O)c2cc(NC(=O)C3CC3(Cl)Cl)ccc2Cl)c1F. The Kier molecular flexibility index (Phi) is 7.36. The van der Waals surface area contributed by atoms with Crippen LogP contribution in [-0.4, -0.2) is 26.4 Å². The molecule has 13 heteroatoms. The summed E-state index contributed by atoms with van der Waals surface area (Å²) in [4.78, 5) is 36.8. The molecule has 1 aliphatic carbocycles. The smallest absolute Gasteiger partial charge is 0.260 e. The second-order valence-electron chi connectivity index (χ2n) is 7.28. The third-order valence-electron chi connectivity index (χ3n) is 4.60. The van der Waals surface area contributed by atoms with Crippen LogP contribution in [0.2, 0.25) is 5.02 Å². The van der Waals surface area contributed by atoms with Gasteiger partial charge in [0.1, 0.15) is 15.8 Å². The molecule has 1 saturated carbocycles. The van der Waals surface area contributed by atoms with Gasteiger partial charge in [-0.15, -0.1) is 23.2 Å². The summed E-state index contributed by atoms with van der Waals surface area (Å²) in [7, 11) is 0. The lowest BCUT2D eigenvalue weighted by atomic mass is 10.1. The first-order chi connectivity index (χ1) is 15.2. The van der Waals surface area contributed by atoms with Gasteiger partial charge in [-0.1, -0.05) is 34.8 Å². The van der Waals surface area contributed by atoms with E-state index in [-0.39, 0.29) is 22.7 Å². The van der Waals surface area contributed by atoms with Gasteiger partial charge in [-0.3, -0.25) is 14.4 Å². The van der Waals surface area contributed by atoms with Crippen molar-refractivity contribution in [3.63, 3.8) is 0 Å². The van der Waals surface area contributed by atoms with Crippen LogP contribution in [0.25, 0.3) is 0 Å². The first-order valence-electron chi connectivity index (χ1n) is 9.17. The first kappa shape index (κ1) is 25.8. The van der Waals surface area contributed by atoms with Gasteiger partial charge in [0, 0.05) is 5.69 Å². The number of halogens is 7. The molecule has 0 aromatic heterocycles. The highest BCUT2D eigenvalue weighted by Crippen LogP contribution is 2.53. The van der Waals surface area contributed by atoms with E-state index in [2.05, 4.69) is 10.6 Å². The average Bonchev–Trinajstić information content (AvgIpc) is 3.36. The lowest BCUT2D eigenvalue weighted by molar-refractivity contribution is -0.117. The maximum atomic E-state index is 14.8. The maximum Gasteiger partial charge on any atom is 0.260 e. The van der Waals surface area contributed by atoms with E-state index in [4.69, 9.17) is 58.0 Å². The predicted octanol–water partition coefficient (Wildman–Crippen LogP) is 6.14. The van der Waals surface area contributed by atoms with Crippen molar-refractivity contribution < 1.29 is 23.2 Å². The molecule has 1 fully saturated rings. The minimum absolute atomic E-state index is 0.00273. The molecule has 0 aliphatic heterocycles. The molecule has 3 N–H and O–H groups in total. The Hall–Kier alpha value is -1.84. The lowest BCUT2D eigenvalue weighted by Crippen LogP contribution is -2.30. The third-order valence-corrected chi connectivity index (χ3v) is 6.11. The molecule has 0 spiro atoms. The molecule has 0 heterocycles. The Morgan fingerprint density at radius 1 is 1.06 bits per heavy atom. The molecule has 0 bridgehead atoms. The van der Waals surface area contributed by atoms with Crippen LogP contribution >= 0.6 is 58.0 Å². The van der Waals surface area contributed by atoms with E-state index >= 15 is 0 Å². The van der Waals surface area contributed by atoms with Gasteiger partial charge in [0.25, 0.3) is 11.8 Å². The van der Waals surface area contributed by atoms with Crippen LogP contribution in [0.3, 0.4) is 0 Å².